The number of hydrogen-bond donors (Lipinski definition) is 1. The monoisotopic (exact) mass is 390 g/mol. The summed E-state index contributed by atoms with van der Waals surface area (Å²) < 4.78 is 4.10. The number of carbonyl (C=O) groups is 1. The molecule has 2 aliphatic heterocycles. The molecular formula is C22H26N6O. The van der Waals surface area contributed by atoms with Crippen molar-refractivity contribution in [2.24, 2.45) is 7.05 Å². The normalized spacial score (nSPS) is 16.7. The van der Waals surface area contributed by atoms with Crippen LogP contribution >= 0.6 is 0 Å². The molecule has 7 heteroatoms. The van der Waals surface area contributed by atoms with Crippen LogP contribution in [0.1, 0.15) is 27.6 Å². The van der Waals surface area contributed by atoms with Crippen molar-refractivity contribution >= 4 is 5.91 Å². The average molecular weight is 390 g/mol. The summed E-state index contributed by atoms with van der Waals surface area (Å²) in [6, 6.07) is 10.4. The van der Waals surface area contributed by atoms with Gasteiger partial charge in [0, 0.05) is 69.9 Å². The molecule has 0 spiro atoms. The zero-order valence-electron chi connectivity index (χ0n) is 16.8. The summed E-state index contributed by atoms with van der Waals surface area (Å²) in [5.74, 6) is 1.04. The predicted octanol–water partition coefficient (Wildman–Crippen LogP) is 1.67. The number of fused-ring (bicyclic) bond motifs is 2. The summed E-state index contributed by atoms with van der Waals surface area (Å²) in [5.41, 5.74) is 5.28. The molecule has 2 aliphatic rings. The van der Waals surface area contributed by atoms with Gasteiger partial charge < -0.3 is 14.8 Å². The quantitative estimate of drug-likeness (QED) is 0.723. The van der Waals surface area contributed by atoms with Crippen molar-refractivity contribution in [1.29, 1.82) is 0 Å². The third kappa shape index (κ3) is 3.35. The van der Waals surface area contributed by atoms with E-state index in [-0.39, 0.29) is 5.91 Å². The highest BCUT2D eigenvalue weighted by Crippen LogP contribution is 2.28. The third-order valence-electron chi connectivity index (χ3n) is 5.95. The van der Waals surface area contributed by atoms with Crippen molar-refractivity contribution in [1.82, 2.24) is 29.5 Å². The smallest absolute Gasteiger partial charge is 0.274 e. The standard InChI is InChI=1S/C22H26N6O/c1-26-21(16-5-3-2-4-6-16)17-8-12-27(13-9-18(17)25-26)22(29)19-15-28-14-11-23-10-7-20(28)24-19/h2-6,15,23H,7-14H2,1H3. The van der Waals surface area contributed by atoms with E-state index in [9.17, 15) is 4.79 Å². The van der Waals surface area contributed by atoms with E-state index in [4.69, 9.17) is 5.10 Å². The minimum atomic E-state index is 0.0364. The molecule has 0 saturated carbocycles. The minimum absolute atomic E-state index is 0.0364. The second-order valence-corrected chi connectivity index (χ2v) is 7.79. The molecule has 7 nitrogen and oxygen atoms in total. The molecule has 1 amide bonds. The second kappa shape index (κ2) is 7.48. The van der Waals surface area contributed by atoms with Crippen molar-refractivity contribution in [3.05, 3.63) is 59.3 Å². The van der Waals surface area contributed by atoms with Crippen LogP contribution in [0, 0.1) is 0 Å². The van der Waals surface area contributed by atoms with E-state index >= 15 is 0 Å². The number of carbonyl (C=O) groups excluding carboxylic acids is 1. The Labute approximate surface area is 170 Å². The van der Waals surface area contributed by atoms with Crippen LogP contribution in [0.25, 0.3) is 11.3 Å². The van der Waals surface area contributed by atoms with Crippen molar-refractivity contribution < 1.29 is 4.79 Å². The topological polar surface area (TPSA) is 68.0 Å². The van der Waals surface area contributed by atoms with Crippen molar-refractivity contribution in [3.63, 3.8) is 0 Å². The molecule has 150 valence electrons. The fourth-order valence-corrected chi connectivity index (χ4v) is 4.48. The fraction of sp³-hybridized carbons (Fsp3) is 0.409. The number of aromatic nitrogens is 4. The maximum absolute atomic E-state index is 13.2. The highest BCUT2D eigenvalue weighted by atomic mass is 16.2. The summed E-state index contributed by atoms with van der Waals surface area (Å²) in [5, 5.41) is 8.14. The fourth-order valence-electron chi connectivity index (χ4n) is 4.48. The number of hydrogen-bond acceptors (Lipinski definition) is 4. The lowest BCUT2D eigenvalue weighted by molar-refractivity contribution is 0.0757. The van der Waals surface area contributed by atoms with Crippen LogP contribution in [-0.4, -0.2) is 56.3 Å². The van der Waals surface area contributed by atoms with Gasteiger partial charge in [0.05, 0.1) is 11.4 Å². The Morgan fingerprint density at radius 1 is 1.03 bits per heavy atom. The second-order valence-electron chi connectivity index (χ2n) is 7.79. The molecule has 5 rings (SSSR count). The molecule has 1 aromatic carbocycles. The summed E-state index contributed by atoms with van der Waals surface area (Å²) >= 11 is 0. The minimum Gasteiger partial charge on any atom is -0.337 e. The summed E-state index contributed by atoms with van der Waals surface area (Å²) in [7, 11) is 2.01. The van der Waals surface area contributed by atoms with E-state index in [1.807, 2.05) is 28.9 Å². The lowest BCUT2D eigenvalue weighted by Gasteiger charge is -2.19. The predicted molar refractivity (Wildman–Crippen MR) is 111 cm³/mol. The number of benzene rings is 1. The van der Waals surface area contributed by atoms with Crippen LogP contribution in [0.3, 0.4) is 0 Å². The van der Waals surface area contributed by atoms with E-state index in [1.165, 1.54) is 11.1 Å². The highest BCUT2D eigenvalue weighted by Gasteiger charge is 2.26. The van der Waals surface area contributed by atoms with Crippen LogP contribution in [-0.2, 0) is 32.9 Å². The number of amides is 1. The number of nitrogens with one attached hydrogen (secondary N) is 1. The highest BCUT2D eigenvalue weighted by molar-refractivity contribution is 5.92. The third-order valence-corrected chi connectivity index (χ3v) is 5.95. The molecule has 29 heavy (non-hydrogen) atoms. The van der Waals surface area contributed by atoms with Gasteiger partial charge in [-0.1, -0.05) is 30.3 Å². The van der Waals surface area contributed by atoms with Gasteiger partial charge in [0.15, 0.2) is 0 Å². The zero-order chi connectivity index (χ0) is 19.8. The maximum Gasteiger partial charge on any atom is 0.274 e. The Morgan fingerprint density at radius 3 is 2.72 bits per heavy atom. The van der Waals surface area contributed by atoms with Crippen molar-refractivity contribution in [2.75, 3.05) is 26.2 Å². The molecule has 0 bridgehead atoms. The Morgan fingerprint density at radius 2 is 1.86 bits per heavy atom. The first-order valence-electron chi connectivity index (χ1n) is 10.4. The van der Waals surface area contributed by atoms with Crippen LogP contribution in [0.15, 0.2) is 36.5 Å². The van der Waals surface area contributed by atoms with Crippen LogP contribution in [0.4, 0.5) is 0 Å². The van der Waals surface area contributed by atoms with Gasteiger partial charge in [-0.15, -0.1) is 0 Å². The molecular weight excluding hydrogens is 364 g/mol. The van der Waals surface area contributed by atoms with Gasteiger partial charge in [0.1, 0.15) is 11.5 Å². The summed E-state index contributed by atoms with van der Waals surface area (Å²) in [4.78, 5) is 19.7. The van der Waals surface area contributed by atoms with Crippen LogP contribution in [0.5, 0.6) is 0 Å². The molecule has 0 radical (unpaired) electrons. The Bertz CT molecular complexity index is 1010. The molecule has 2 aromatic heterocycles. The van der Waals surface area contributed by atoms with Gasteiger partial charge in [0.2, 0.25) is 0 Å². The lowest BCUT2D eigenvalue weighted by atomic mass is 10.0. The SMILES string of the molecule is Cn1nc2c(c1-c1ccccc1)CCN(C(=O)c1cn3c(n1)CCNCC3)CC2. The van der Waals surface area contributed by atoms with Crippen molar-refractivity contribution in [3.8, 4) is 11.3 Å². The van der Waals surface area contributed by atoms with Crippen LogP contribution in [0.2, 0.25) is 0 Å². The molecule has 1 N–H and O–H groups in total. The molecule has 0 unspecified atom stereocenters. The van der Waals surface area contributed by atoms with Gasteiger partial charge >= 0.3 is 0 Å². The van der Waals surface area contributed by atoms with E-state index in [1.54, 1.807) is 0 Å². The number of rotatable bonds is 2. The Balaban J connectivity index is 1.37. The first kappa shape index (κ1) is 18.1. The summed E-state index contributed by atoms with van der Waals surface area (Å²) in [6.07, 6.45) is 4.38. The van der Waals surface area contributed by atoms with E-state index in [2.05, 4.69) is 39.1 Å². The maximum atomic E-state index is 13.2. The van der Waals surface area contributed by atoms with Gasteiger partial charge in [0.25, 0.3) is 5.91 Å². The summed E-state index contributed by atoms with van der Waals surface area (Å²) in [6.45, 7) is 4.08. The number of nitrogens with zero attached hydrogens (tertiary/aromatic N) is 5. The molecule has 0 atom stereocenters. The van der Waals surface area contributed by atoms with Crippen LogP contribution < -0.4 is 5.32 Å². The van der Waals surface area contributed by atoms with E-state index in [0.29, 0.717) is 18.8 Å². The van der Waals surface area contributed by atoms with Gasteiger partial charge in [-0.05, 0) is 6.42 Å². The van der Waals surface area contributed by atoms with E-state index < -0.39 is 0 Å². The lowest BCUT2D eigenvalue weighted by Crippen LogP contribution is -2.33. The Hall–Kier alpha value is -2.93. The first-order valence-corrected chi connectivity index (χ1v) is 10.4. The first-order chi connectivity index (χ1) is 14.2. The van der Waals surface area contributed by atoms with Gasteiger partial charge in [-0.25, -0.2) is 4.98 Å². The average Bonchev–Trinajstić information content (AvgIpc) is 3.11. The molecule has 0 saturated heterocycles. The molecule has 0 aliphatic carbocycles. The van der Waals surface area contributed by atoms with Crippen molar-refractivity contribution in [2.45, 2.75) is 25.8 Å². The van der Waals surface area contributed by atoms with Gasteiger partial charge in [-0.2, -0.15) is 5.10 Å². The molecule has 0 fully saturated rings. The number of imidazole rings is 1. The van der Waals surface area contributed by atoms with Gasteiger partial charge in [-0.3, -0.25) is 9.48 Å². The number of aryl methyl sites for hydroxylation is 1. The Kier molecular flexibility index (Phi) is 4.67. The molecule has 3 aromatic rings. The zero-order valence-corrected chi connectivity index (χ0v) is 16.8. The van der Waals surface area contributed by atoms with E-state index in [0.717, 1.165) is 56.1 Å². The largest absolute Gasteiger partial charge is 0.337 e. The molecule has 4 heterocycles.